The molecule has 0 radical (unpaired) electrons. The van der Waals surface area contributed by atoms with Crippen LogP contribution >= 0.6 is 11.8 Å². The topological polar surface area (TPSA) is 59.8 Å². The van der Waals surface area contributed by atoms with Gasteiger partial charge >= 0.3 is 0 Å². The first-order valence-electron chi connectivity index (χ1n) is 7.32. The summed E-state index contributed by atoms with van der Waals surface area (Å²) in [7, 11) is 1.86. The summed E-state index contributed by atoms with van der Waals surface area (Å²) >= 11 is 1.54. The molecule has 5 nitrogen and oxygen atoms in total. The fourth-order valence-corrected chi connectivity index (χ4v) is 3.26. The van der Waals surface area contributed by atoms with Gasteiger partial charge in [0.25, 0.3) is 0 Å². The van der Waals surface area contributed by atoms with Crippen molar-refractivity contribution >= 4 is 34.4 Å². The Labute approximate surface area is 139 Å². The molecule has 0 aliphatic heterocycles. The largest absolute Gasteiger partial charge is 0.324 e. The van der Waals surface area contributed by atoms with Crippen LogP contribution < -0.4 is 5.32 Å². The Hall–Kier alpha value is -2.34. The molecule has 0 fully saturated rings. The molecule has 23 heavy (non-hydrogen) atoms. The summed E-state index contributed by atoms with van der Waals surface area (Å²) in [4.78, 5) is 17.6. The highest BCUT2D eigenvalue weighted by molar-refractivity contribution is 8.00. The van der Waals surface area contributed by atoms with Crippen LogP contribution in [0, 0.1) is 13.8 Å². The molecule has 3 rings (SSSR count). The molecule has 6 heteroatoms. The Morgan fingerprint density at radius 3 is 2.87 bits per heavy atom. The molecule has 3 aromatic rings. The highest BCUT2D eigenvalue weighted by Crippen LogP contribution is 2.23. The van der Waals surface area contributed by atoms with Crippen LogP contribution in [0.3, 0.4) is 0 Å². The van der Waals surface area contributed by atoms with E-state index in [9.17, 15) is 4.79 Å². The van der Waals surface area contributed by atoms with Crippen LogP contribution in [-0.4, -0.2) is 26.4 Å². The minimum atomic E-state index is -0.0408. The second-order valence-electron chi connectivity index (χ2n) is 5.41. The predicted molar refractivity (Wildman–Crippen MR) is 93.8 cm³/mol. The fourth-order valence-electron chi connectivity index (χ4n) is 2.43. The van der Waals surface area contributed by atoms with Crippen LogP contribution in [0.5, 0.6) is 0 Å². The fraction of sp³-hybridized carbons (Fsp3) is 0.235. The van der Waals surface area contributed by atoms with Gasteiger partial charge in [0.05, 0.1) is 23.3 Å². The number of hydrogen-bond acceptors (Lipinski definition) is 4. The number of pyridine rings is 1. The maximum atomic E-state index is 12.1. The number of hydrogen-bond donors (Lipinski definition) is 1. The number of thioether (sulfide) groups is 1. The molecule has 1 aromatic carbocycles. The Balaban J connectivity index is 1.68. The second kappa shape index (κ2) is 6.42. The molecule has 1 amide bonds. The van der Waals surface area contributed by atoms with Crippen molar-refractivity contribution in [3.63, 3.8) is 0 Å². The van der Waals surface area contributed by atoms with Gasteiger partial charge in [-0.1, -0.05) is 18.2 Å². The monoisotopic (exact) mass is 326 g/mol. The van der Waals surface area contributed by atoms with Crippen LogP contribution in [0.15, 0.2) is 41.4 Å². The molecule has 0 saturated carbocycles. The van der Waals surface area contributed by atoms with Gasteiger partial charge in [-0.15, -0.1) is 11.8 Å². The van der Waals surface area contributed by atoms with E-state index >= 15 is 0 Å². The Bertz CT molecular complexity index is 872. The van der Waals surface area contributed by atoms with Crippen molar-refractivity contribution in [1.29, 1.82) is 0 Å². The van der Waals surface area contributed by atoms with E-state index in [1.807, 2.05) is 51.2 Å². The molecule has 0 unspecified atom stereocenters. The first-order chi connectivity index (χ1) is 11.0. The molecule has 0 bridgehead atoms. The average molecular weight is 326 g/mol. The van der Waals surface area contributed by atoms with Gasteiger partial charge in [0.15, 0.2) is 5.65 Å². The number of nitrogens with zero attached hydrogens (tertiary/aromatic N) is 3. The van der Waals surface area contributed by atoms with Gasteiger partial charge in [-0.05, 0) is 31.5 Å². The second-order valence-corrected chi connectivity index (χ2v) is 6.42. The normalized spacial score (nSPS) is 10.9. The van der Waals surface area contributed by atoms with E-state index in [1.54, 1.807) is 10.9 Å². The van der Waals surface area contributed by atoms with E-state index in [2.05, 4.69) is 15.4 Å². The van der Waals surface area contributed by atoms with Gasteiger partial charge in [-0.3, -0.25) is 9.48 Å². The third-order valence-electron chi connectivity index (χ3n) is 3.60. The number of anilines is 1. The molecule has 0 aliphatic rings. The number of carbonyl (C=O) groups excluding carboxylic acids is 1. The quantitative estimate of drug-likeness (QED) is 0.747. The molecule has 0 saturated heterocycles. The molecule has 1 N–H and O–H groups in total. The summed E-state index contributed by atoms with van der Waals surface area (Å²) in [5.74, 6) is 0.329. The zero-order valence-corrected chi connectivity index (χ0v) is 14.1. The molecule has 2 aromatic heterocycles. The average Bonchev–Trinajstić information content (AvgIpc) is 2.81. The van der Waals surface area contributed by atoms with Crippen molar-refractivity contribution in [2.75, 3.05) is 11.1 Å². The van der Waals surface area contributed by atoms with Crippen molar-refractivity contribution in [2.45, 2.75) is 18.7 Å². The maximum Gasteiger partial charge on any atom is 0.234 e. The molecule has 118 valence electrons. The van der Waals surface area contributed by atoms with Gasteiger partial charge in [-0.2, -0.15) is 5.10 Å². The van der Waals surface area contributed by atoms with E-state index < -0.39 is 0 Å². The Morgan fingerprint density at radius 2 is 2.09 bits per heavy atom. The molecule has 0 spiro atoms. The summed E-state index contributed by atoms with van der Waals surface area (Å²) in [6, 6.07) is 9.97. The van der Waals surface area contributed by atoms with Gasteiger partial charge in [0.1, 0.15) is 0 Å². The van der Waals surface area contributed by atoms with E-state index in [0.717, 1.165) is 21.6 Å². The Kier molecular flexibility index (Phi) is 4.34. The van der Waals surface area contributed by atoms with Crippen LogP contribution in [0.4, 0.5) is 5.69 Å². The Morgan fingerprint density at radius 1 is 1.30 bits per heavy atom. The number of aryl methyl sites for hydroxylation is 3. The van der Waals surface area contributed by atoms with E-state index in [-0.39, 0.29) is 5.91 Å². The summed E-state index contributed by atoms with van der Waals surface area (Å²) in [5.41, 5.74) is 3.60. The van der Waals surface area contributed by atoms with Crippen LogP contribution in [0.25, 0.3) is 11.0 Å². The van der Waals surface area contributed by atoms with Gasteiger partial charge < -0.3 is 5.32 Å². The summed E-state index contributed by atoms with van der Waals surface area (Å²) < 4.78 is 1.74. The maximum absolute atomic E-state index is 12.1. The van der Waals surface area contributed by atoms with Crippen molar-refractivity contribution in [3.05, 3.63) is 47.8 Å². The van der Waals surface area contributed by atoms with Crippen molar-refractivity contribution in [3.8, 4) is 0 Å². The lowest BCUT2D eigenvalue weighted by molar-refractivity contribution is -0.113. The number of amides is 1. The number of rotatable bonds is 4. The first-order valence-corrected chi connectivity index (χ1v) is 8.31. The summed E-state index contributed by atoms with van der Waals surface area (Å²) in [5, 5.41) is 8.19. The smallest absolute Gasteiger partial charge is 0.234 e. The number of benzene rings is 1. The van der Waals surface area contributed by atoms with Crippen molar-refractivity contribution < 1.29 is 4.79 Å². The molecule has 2 heterocycles. The van der Waals surface area contributed by atoms with Gasteiger partial charge in [-0.25, -0.2) is 4.98 Å². The third kappa shape index (κ3) is 3.37. The van der Waals surface area contributed by atoms with Gasteiger partial charge in [0.2, 0.25) is 5.91 Å². The molecule has 0 atom stereocenters. The summed E-state index contributed by atoms with van der Waals surface area (Å²) in [6.45, 7) is 3.98. The minimum Gasteiger partial charge on any atom is -0.324 e. The number of nitrogens with one attached hydrogen (secondary N) is 1. The zero-order valence-electron chi connectivity index (χ0n) is 13.3. The van der Waals surface area contributed by atoms with E-state index in [4.69, 9.17) is 0 Å². The molecule has 0 aliphatic carbocycles. The lowest BCUT2D eigenvalue weighted by Gasteiger charge is -2.07. The lowest BCUT2D eigenvalue weighted by atomic mass is 10.2. The van der Waals surface area contributed by atoms with Crippen LogP contribution in [-0.2, 0) is 11.8 Å². The predicted octanol–water partition coefficient (Wildman–Crippen LogP) is 3.32. The van der Waals surface area contributed by atoms with Crippen LogP contribution in [0.2, 0.25) is 0 Å². The number of fused-ring (bicyclic) bond motifs is 1. The van der Waals surface area contributed by atoms with Gasteiger partial charge in [0, 0.05) is 17.3 Å². The van der Waals surface area contributed by atoms with Crippen molar-refractivity contribution in [1.82, 2.24) is 14.8 Å². The lowest BCUT2D eigenvalue weighted by Crippen LogP contribution is -2.14. The zero-order chi connectivity index (χ0) is 16.4. The minimum absolute atomic E-state index is 0.0408. The summed E-state index contributed by atoms with van der Waals surface area (Å²) in [6.07, 6.45) is 1.67. The van der Waals surface area contributed by atoms with E-state index in [0.29, 0.717) is 11.4 Å². The first kappa shape index (κ1) is 15.6. The highest BCUT2D eigenvalue weighted by atomic mass is 32.2. The SMILES string of the molecule is Cc1ccccc1SCC(=O)Nc1cnc2c(c1)c(C)nn2C. The van der Waals surface area contributed by atoms with Crippen molar-refractivity contribution in [2.24, 2.45) is 7.05 Å². The third-order valence-corrected chi connectivity index (χ3v) is 4.77. The number of carbonyl (C=O) groups is 1. The number of aromatic nitrogens is 3. The van der Waals surface area contributed by atoms with E-state index in [1.165, 1.54) is 17.3 Å². The molecular formula is C17H18N4OS. The highest BCUT2D eigenvalue weighted by Gasteiger charge is 2.09. The van der Waals surface area contributed by atoms with Crippen LogP contribution in [0.1, 0.15) is 11.3 Å². The standard InChI is InChI=1S/C17H18N4OS/c1-11-6-4-5-7-15(11)23-10-16(22)19-13-8-14-12(2)20-21(3)17(14)18-9-13/h4-9H,10H2,1-3H3,(H,19,22). The molecular weight excluding hydrogens is 308 g/mol.